The largest absolute Gasteiger partial charge is 0.255 e. The van der Waals surface area contributed by atoms with Gasteiger partial charge in [0.2, 0.25) is 10.0 Å². The highest BCUT2D eigenvalue weighted by molar-refractivity contribution is 8.14. The molecule has 158 valence electrons. The minimum Gasteiger partial charge on any atom is -0.255 e. The lowest BCUT2D eigenvalue weighted by Crippen LogP contribution is -2.35. The third-order valence-corrected chi connectivity index (χ3v) is 7.69. The Bertz CT molecular complexity index is 1100. The van der Waals surface area contributed by atoms with Crippen LogP contribution < -0.4 is 5.43 Å². The van der Waals surface area contributed by atoms with E-state index in [0.29, 0.717) is 24.0 Å². The highest BCUT2D eigenvalue weighted by Gasteiger charge is 2.26. The van der Waals surface area contributed by atoms with Crippen LogP contribution in [0.2, 0.25) is 0 Å². The van der Waals surface area contributed by atoms with Crippen molar-refractivity contribution in [3.05, 3.63) is 59.7 Å². The molecule has 0 radical (unpaired) electrons. The number of halogens is 2. The number of nitrogens with zero attached hydrogens (tertiary/aromatic N) is 3. The van der Waals surface area contributed by atoms with Crippen LogP contribution in [-0.4, -0.2) is 42.4 Å². The van der Waals surface area contributed by atoms with Crippen molar-refractivity contribution >= 4 is 38.4 Å². The van der Waals surface area contributed by atoms with E-state index in [1.807, 2.05) is 0 Å². The molecule has 10 heteroatoms. The van der Waals surface area contributed by atoms with Crippen molar-refractivity contribution in [1.29, 1.82) is 0 Å². The highest BCUT2D eigenvalue weighted by atomic mass is 32.2. The summed E-state index contributed by atoms with van der Waals surface area (Å²) >= 11 is 1.33. The van der Waals surface area contributed by atoms with Crippen LogP contribution in [-0.2, 0) is 10.0 Å². The SMILES string of the molecule is O=S(=O)(c1ccc(C2=NNC(=Nc3ccc(F)cc3F)SC2)cc1)N1CCCCC1. The molecule has 0 aliphatic carbocycles. The molecule has 2 heterocycles. The third kappa shape index (κ3) is 4.55. The second kappa shape index (κ2) is 8.83. The summed E-state index contributed by atoms with van der Waals surface area (Å²) in [5.41, 5.74) is 4.31. The first-order chi connectivity index (χ1) is 14.4. The van der Waals surface area contributed by atoms with E-state index in [-0.39, 0.29) is 10.6 Å². The van der Waals surface area contributed by atoms with E-state index in [9.17, 15) is 17.2 Å². The molecule has 4 rings (SSSR count). The smallest absolute Gasteiger partial charge is 0.243 e. The molecule has 2 aliphatic heterocycles. The van der Waals surface area contributed by atoms with Gasteiger partial charge in [0.05, 0.1) is 10.6 Å². The van der Waals surface area contributed by atoms with Gasteiger partial charge in [-0.3, -0.25) is 5.43 Å². The molecule has 0 spiro atoms. The first-order valence-electron chi connectivity index (χ1n) is 9.53. The van der Waals surface area contributed by atoms with E-state index < -0.39 is 21.7 Å². The second-order valence-electron chi connectivity index (χ2n) is 6.96. The average molecular weight is 451 g/mol. The number of nitrogens with one attached hydrogen (secondary N) is 1. The molecule has 0 aromatic heterocycles. The number of piperidine rings is 1. The van der Waals surface area contributed by atoms with Gasteiger partial charge in [-0.05, 0) is 42.7 Å². The van der Waals surface area contributed by atoms with Crippen molar-refractivity contribution < 1.29 is 17.2 Å². The third-order valence-electron chi connectivity index (χ3n) is 4.90. The molecule has 0 bridgehead atoms. The predicted octanol–water partition coefficient (Wildman–Crippen LogP) is 3.87. The second-order valence-corrected chi connectivity index (χ2v) is 9.86. The molecule has 2 aromatic carbocycles. The zero-order chi connectivity index (χ0) is 21.1. The fourth-order valence-corrected chi connectivity index (χ4v) is 5.57. The van der Waals surface area contributed by atoms with Crippen molar-refractivity contribution in [3.8, 4) is 0 Å². The summed E-state index contributed by atoms with van der Waals surface area (Å²) in [5.74, 6) is -0.927. The molecule has 30 heavy (non-hydrogen) atoms. The van der Waals surface area contributed by atoms with Crippen LogP contribution in [0.5, 0.6) is 0 Å². The van der Waals surface area contributed by atoms with E-state index in [4.69, 9.17) is 0 Å². The zero-order valence-electron chi connectivity index (χ0n) is 16.0. The summed E-state index contributed by atoms with van der Waals surface area (Å²) in [4.78, 5) is 4.40. The fraction of sp³-hybridized carbons (Fsp3) is 0.300. The molecule has 1 saturated heterocycles. The normalized spacial score (nSPS) is 19.4. The summed E-state index contributed by atoms with van der Waals surface area (Å²) in [6, 6.07) is 9.86. The maximum absolute atomic E-state index is 13.7. The highest BCUT2D eigenvalue weighted by Crippen LogP contribution is 2.24. The Hall–Kier alpha value is -2.30. The predicted molar refractivity (Wildman–Crippen MR) is 115 cm³/mol. The summed E-state index contributed by atoms with van der Waals surface area (Å²) in [6.45, 7) is 1.13. The molecule has 0 saturated carbocycles. The molecule has 6 nitrogen and oxygen atoms in total. The standard InChI is InChI=1S/C20H20F2N4O2S2/c21-15-6-9-18(17(22)12-15)23-20-25-24-19(13-29-20)14-4-7-16(8-5-14)30(27,28)26-10-2-1-3-11-26/h4-9,12H,1-3,10-11,13H2,(H,23,25). The molecule has 1 fully saturated rings. The first kappa shape index (κ1) is 21.0. The van der Waals surface area contributed by atoms with Gasteiger partial charge >= 0.3 is 0 Å². The molecular weight excluding hydrogens is 430 g/mol. The van der Waals surface area contributed by atoms with Gasteiger partial charge in [0, 0.05) is 24.9 Å². The number of thioether (sulfide) groups is 1. The van der Waals surface area contributed by atoms with Crippen LogP contribution in [0.3, 0.4) is 0 Å². The number of hydrazone groups is 1. The Labute approximate surface area is 178 Å². The summed E-state index contributed by atoms with van der Waals surface area (Å²) in [5, 5.41) is 4.66. The number of hydrogen-bond acceptors (Lipinski definition) is 5. The fourth-order valence-electron chi connectivity index (χ4n) is 3.28. The topological polar surface area (TPSA) is 74.1 Å². The maximum atomic E-state index is 13.7. The quantitative estimate of drug-likeness (QED) is 0.768. The van der Waals surface area contributed by atoms with Crippen molar-refractivity contribution in [2.24, 2.45) is 10.1 Å². The van der Waals surface area contributed by atoms with Crippen LogP contribution in [0.25, 0.3) is 0 Å². The summed E-state index contributed by atoms with van der Waals surface area (Å²) in [7, 11) is -3.47. The Morgan fingerprint density at radius 2 is 1.77 bits per heavy atom. The van der Waals surface area contributed by atoms with Crippen molar-refractivity contribution in [2.75, 3.05) is 18.8 Å². The zero-order valence-corrected chi connectivity index (χ0v) is 17.6. The van der Waals surface area contributed by atoms with Crippen molar-refractivity contribution in [2.45, 2.75) is 24.2 Å². The molecule has 0 atom stereocenters. The van der Waals surface area contributed by atoms with Crippen molar-refractivity contribution in [1.82, 2.24) is 9.73 Å². The lowest BCUT2D eigenvalue weighted by atomic mass is 10.1. The maximum Gasteiger partial charge on any atom is 0.243 e. The van der Waals surface area contributed by atoms with E-state index in [1.165, 1.54) is 17.8 Å². The van der Waals surface area contributed by atoms with E-state index in [0.717, 1.165) is 42.7 Å². The van der Waals surface area contributed by atoms with Crippen LogP contribution in [0.15, 0.2) is 57.5 Å². The van der Waals surface area contributed by atoms with Gasteiger partial charge in [-0.1, -0.05) is 30.3 Å². The Balaban J connectivity index is 1.47. The van der Waals surface area contributed by atoms with E-state index >= 15 is 0 Å². The number of amidine groups is 1. The minimum absolute atomic E-state index is 0.0253. The van der Waals surface area contributed by atoms with Gasteiger partial charge in [0.15, 0.2) is 11.0 Å². The average Bonchev–Trinajstić information content (AvgIpc) is 2.77. The first-order valence-corrected chi connectivity index (χ1v) is 12.0. The Kier molecular flexibility index (Phi) is 6.16. The summed E-state index contributed by atoms with van der Waals surface area (Å²) in [6.07, 6.45) is 2.85. The summed E-state index contributed by atoms with van der Waals surface area (Å²) < 4.78 is 53.8. The van der Waals surface area contributed by atoms with Gasteiger partial charge in [-0.25, -0.2) is 22.2 Å². The lowest BCUT2D eigenvalue weighted by Gasteiger charge is -2.26. The van der Waals surface area contributed by atoms with Gasteiger partial charge in [-0.2, -0.15) is 9.41 Å². The van der Waals surface area contributed by atoms with Crippen molar-refractivity contribution in [3.63, 3.8) is 0 Å². The monoisotopic (exact) mass is 450 g/mol. The molecule has 2 aromatic rings. The van der Waals surface area contributed by atoms with Crippen LogP contribution in [0, 0.1) is 11.6 Å². The number of benzene rings is 2. The van der Waals surface area contributed by atoms with E-state index in [1.54, 1.807) is 28.6 Å². The van der Waals surface area contributed by atoms with Crippen LogP contribution in [0.1, 0.15) is 24.8 Å². The number of aliphatic imine (C=N–C) groups is 1. The van der Waals surface area contributed by atoms with Gasteiger partial charge in [0.1, 0.15) is 11.5 Å². The van der Waals surface area contributed by atoms with Gasteiger partial charge in [-0.15, -0.1) is 0 Å². The molecule has 2 aliphatic rings. The van der Waals surface area contributed by atoms with Gasteiger partial charge in [0.25, 0.3) is 0 Å². The number of sulfonamides is 1. The molecule has 1 N–H and O–H groups in total. The Morgan fingerprint density at radius 3 is 2.40 bits per heavy atom. The van der Waals surface area contributed by atoms with E-state index in [2.05, 4.69) is 15.5 Å². The number of hydrogen-bond donors (Lipinski definition) is 1. The molecular formula is C20H20F2N4O2S2. The molecule has 0 unspecified atom stereocenters. The molecule has 0 amide bonds. The van der Waals surface area contributed by atoms with Crippen LogP contribution in [0.4, 0.5) is 14.5 Å². The van der Waals surface area contributed by atoms with Crippen LogP contribution >= 0.6 is 11.8 Å². The lowest BCUT2D eigenvalue weighted by molar-refractivity contribution is 0.346. The Morgan fingerprint density at radius 1 is 1.03 bits per heavy atom. The number of rotatable bonds is 4. The minimum atomic E-state index is -3.47. The van der Waals surface area contributed by atoms with Gasteiger partial charge < -0.3 is 0 Å².